The third-order valence-corrected chi connectivity index (χ3v) is 4.01. The van der Waals surface area contributed by atoms with Crippen LogP contribution in [0.2, 0.25) is 0 Å². The van der Waals surface area contributed by atoms with Gasteiger partial charge in [-0.15, -0.1) is 0 Å². The molecular weight excluding hydrogens is 266 g/mol. The number of nitrogens with zero attached hydrogens (tertiary/aromatic N) is 3. The summed E-state index contributed by atoms with van der Waals surface area (Å²) >= 11 is 0. The van der Waals surface area contributed by atoms with Crippen molar-refractivity contribution in [3.05, 3.63) is 30.7 Å². The second-order valence-electron chi connectivity index (χ2n) is 5.40. The van der Waals surface area contributed by atoms with E-state index >= 15 is 0 Å². The van der Waals surface area contributed by atoms with Gasteiger partial charge in [-0.2, -0.15) is 10.2 Å². The Bertz CT molecular complexity index is 756. The molecule has 1 aromatic carbocycles. The van der Waals surface area contributed by atoms with Gasteiger partial charge in [0.2, 0.25) is 0 Å². The lowest BCUT2D eigenvalue weighted by molar-refractivity contribution is -0.0366. The van der Waals surface area contributed by atoms with Crippen LogP contribution in [0, 0.1) is 0 Å². The monoisotopic (exact) mass is 283 g/mol. The summed E-state index contributed by atoms with van der Waals surface area (Å²) in [4.78, 5) is 0. The number of benzene rings is 1. The maximum absolute atomic E-state index is 6.18. The fraction of sp³-hybridized carbons (Fsp3) is 0.333. The summed E-state index contributed by atoms with van der Waals surface area (Å²) in [5.74, 6) is 0. The Hall–Kier alpha value is -2.34. The number of nitrogen functional groups attached to an aromatic ring is 1. The molecule has 1 aliphatic heterocycles. The molecule has 1 saturated heterocycles. The van der Waals surface area contributed by atoms with E-state index in [1.807, 2.05) is 23.1 Å². The first-order valence-electron chi connectivity index (χ1n) is 7.20. The Morgan fingerprint density at radius 2 is 2.19 bits per heavy atom. The highest BCUT2D eigenvalue weighted by Gasteiger charge is 2.19. The van der Waals surface area contributed by atoms with Crippen LogP contribution in [0.3, 0.4) is 0 Å². The number of nitrogens with one attached hydrogen (secondary N) is 1. The van der Waals surface area contributed by atoms with Crippen molar-refractivity contribution in [2.75, 3.05) is 12.3 Å². The molecule has 0 spiro atoms. The van der Waals surface area contributed by atoms with Gasteiger partial charge in [-0.25, -0.2) is 4.68 Å². The maximum atomic E-state index is 6.18. The van der Waals surface area contributed by atoms with Crippen LogP contribution < -0.4 is 5.73 Å². The van der Waals surface area contributed by atoms with E-state index in [-0.39, 0.29) is 6.23 Å². The molecule has 1 unspecified atom stereocenters. The Kier molecular flexibility index (Phi) is 2.89. The molecule has 0 saturated carbocycles. The van der Waals surface area contributed by atoms with Gasteiger partial charge in [0.25, 0.3) is 0 Å². The summed E-state index contributed by atoms with van der Waals surface area (Å²) in [5.41, 5.74) is 9.97. The van der Waals surface area contributed by atoms with Gasteiger partial charge in [0, 0.05) is 29.4 Å². The van der Waals surface area contributed by atoms with Gasteiger partial charge >= 0.3 is 0 Å². The van der Waals surface area contributed by atoms with Crippen LogP contribution >= 0.6 is 0 Å². The first-order chi connectivity index (χ1) is 10.3. The second-order valence-corrected chi connectivity index (χ2v) is 5.40. The third-order valence-electron chi connectivity index (χ3n) is 4.01. The Labute approximate surface area is 121 Å². The van der Waals surface area contributed by atoms with Gasteiger partial charge in [0.05, 0.1) is 17.9 Å². The molecule has 4 rings (SSSR count). The minimum atomic E-state index is 0.00949. The van der Waals surface area contributed by atoms with Gasteiger partial charge in [-0.3, -0.25) is 5.10 Å². The average Bonchev–Trinajstić information content (AvgIpc) is 3.18. The number of aromatic nitrogens is 4. The SMILES string of the molecule is Nc1cc(-c2cn[nH]c2)cc2c1cnn2C1CCCCO1. The van der Waals surface area contributed by atoms with E-state index in [0.717, 1.165) is 47.2 Å². The molecule has 2 aromatic heterocycles. The van der Waals surface area contributed by atoms with E-state index in [0.29, 0.717) is 0 Å². The molecule has 0 amide bonds. The molecular formula is C15H17N5O. The zero-order chi connectivity index (χ0) is 14.2. The first-order valence-corrected chi connectivity index (χ1v) is 7.20. The zero-order valence-electron chi connectivity index (χ0n) is 11.6. The molecule has 1 atom stereocenters. The van der Waals surface area contributed by atoms with E-state index < -0.39 is 0 Å². The van der Waals surface area contributed by atoms with Crippen molar-refractivity contribution >= 4 is 16.6 Å². The molecule has 0 bridgehead atoms. The van der Waals surface area contributed by atoms with Crippen LogP contribution in [0.15, 0.2) is 30.7 Å². The zero-order valence-corrected chi connectivity index (χ0v) is 11.6. The van der Waals surface area contributed by atoms with Gasteiger partial charge < -0.3 is 10.5 Å². The molecule has 0 radical (unpaired) electrons. The summed E-state index contributed by atoms with van der Waals surface area (Å²) in [6.45, 7) is 0.795. The molecule has 21 heavy (non-hydrogen) atoms. The van der Waals surface area contributed by atoms with Gasteiger partial charge in [0.15, 0.2) is 6.23 Å². The molecule has 0 aliphatic carbocycles. The van der Waals surface area contributed by atoms with E-state index in [2.05, 4.69) is 21.4 Å². The van der Waals surface area contributed by atoms with Crippen molar-refractivity contribution in [1.29, 1.82) is 0 Å². The molecule has 1 aliphatic rings. The Morgan fingerprint density at radius 1 is 1.24 bits per heavy atom. The number of ether oxygens (including phenoxy) is 1. The number of hydrogen-bond acceptors (Lipinski definition) is 4. The first kappa shape index (κ1) is 12.4. The summed E-state index contributed by atoms with van der Waals surface area (Å²) in [5, 5.41) is 12.3. The van der Waals surface area contributed by atoms with Gasteiger partial charge in [0.1, 0.15) is 0 Å². The molecule has 6 heteroatoms. The quantitative estimate of drug-likeness (QED) is 0.708. The number of hydrogen-bond donors (Lipinski definition) is 2. The van der Waals surface area contributed by atoms with Gasteiger partial charge in [-0.05, 0) is 37.0 Å². The lowest BCUT2D eigenvalue weighted by atomic mass is 10.1. The maximum Gasteiger partial charge on any atom is 0.150 e. The number of fused-ring (bicyclic) bond motifs is 1. The van der Waals surface area contributed by atoms with Crippen LogP contribution in [0.5, 0.6) is 0 Å². The predicted molar refractivity (Wildman–Crippen MR) is 80.6 cm³/mol. The largest absolute Gasteiger partial charge is 0.398 e. The summed E-state index contributed by atoms with van der Waals surface area (Å²) in [6.07, 6.45) is 8.77. The fourth-order valence-electron chi connectivity index (χ4n) is 2.89. The number of nitrogens with two attached hydrogens (primary N) is 1. The Morgan fingerprint density at radius 3 is 2.95 bits per heavy atom. The normalized spacial score (nSPS) is 19.1. The summed E-state index contributed by atoms with van der Waals surface area (Å²) in [6, 6.07) is 4.06. The van der Waals surface area contributed by atoms with E-state index in [1.165, 1.54) is 6.42 Å². The number of aromatic amines is 1. The topological polar surface area (TPSA) is 81.8 Å². The lowest BCUT2D eigenvalue weighted by Crippen LogP contribution is -2.18. The van der Waals surface area contributed by atoms with E-state index in [4.69, 9.17) is 10.5 Å². The fourth-order valence-corrected chi connectivity index (χ4v) is 2.89. The van der Waals surface area contributed by atoms with E-state index in [9.17, 15) is 0 Å². The second kappa shape index (κ2) is 4.89. The molecule has 1 fully saturated rings. The average molecular weight is 283 g/mol. The van der Waals surface area contributed by atoms with Crippen LogP contribution in [0.1, 0.15) is 25.5 Å². The van der Waals surface area contributed by atoms with Crippen molar-refractivity contribution in [3.63, 3.8) is 0 Å². The highest BCUT2D eigenvalue weighted by molar-refractivity contribution is 5.94. The molecule has 3 aromatic rings. The van der Waals surface area contributed by atoms with Crippen molar-refractivity contribution in [1.82, 2.24) is 20.0 Å². The summed E-state index contributed by atoms with van der Waals surface area (Å²) < 4.78 is 7.79. The van der Waals surface area contributed by atoms with Crippen LogP contribution in [0.4, 0.5) is 5.69 Å². The molecule has 6 nitrogen and oxygen atoms in total. The minimum absolute atomic E-state index is 0.00949. The molecule has 108 valence electrons. The van der Waals surface area contributed by atoms with Crippen molar-refractivity contribution < 1.29 is 4.74 Å². The van der Waals surface area contributed by atoms with Gasteiger partial charge in [-0.1, -0.05) is 0 Å². The van der Waals surface area contributed by atoms with Crippen molar-refractivity contribution in [2.45, 2.75) is 25.5 Å². The number of rotatable bonds is 2. The number of anilines is 1. The smallest absolute Gasteiger partial charge is 0.150 e. The Balaban J connectivity index is 1.85. The lowest BCUT2D eigenvalue weighted by Gasteiger charge is -2.23. The van der Waals surface area contributed by atoms with Crippen LogP contribution in [-0.4, -0.2) is 26.6 Å². The summed E-state index contributed by atoms with van der Waals surface area (Å²) in [7, 11) is 0. The van der Waals surface area contributed by atoms with E-state index in [1.54, 1.807) is 6.20 Å². The predicted octanol–water partition coefficient (Wildman–Crippen LogP) is 2.71. The van der Waals surface area contributed by atoms with Crippen molar-refractivity contribution in [3.8, 4) is 11.1 Å². The number of H-pyrrole nitrogens is 1. The minimum Gasteiger partial charge on any atom is -0.398 e. The highest BCUT2D eigenvalue weighted by Crippen LogP contribution is 2.32. The standard InChI is InChI=1S/C15H17N5O/c16-13-5-10(11-7-17-18-8-11)6-14-12(13)9-19-20(14)15-3-1-2-4-21-15/h5-9,15H,1-4,16H2,(H,17,18). The van der Waals surface area contributed by atoms with Crippen LogP contribution in [0.25, 0.3) is 22.0 Å². The van der Waals surface area contributed by atoms with Crippen molar-refractivity contribution in [2.24, 2.45) is 0 Å². The molecule has 3 heterocycles. The molecule has 3 N–H and O–H groups in total. The highest BCUT2D eigenvalue weighted by atomic mass is 16.5. The van der Waals surface area contributed by atoms with Crippen LogP contribution in [-0.2, 0) is 4.74 Å². The third kappa shape index (κ3) is 2.08.